The molecule has 268 valence electrons. The molecule has 0 saturated carbocycles. The van der Waals surface area contributed by atoms with Gasteiger partial charge in [-0.15, -0.1) is 0 Å². The lowest BCUT2D eigenvalue weighted by molar-refractivity contribution is 0.660. The summed E-state index contributed by atoms with van der Waals surface area (Å²) < 4.78 is 0. The number of rotatable bonds is 6. The first kappa shape index (κ1) is 34.0. The van der Waals surface area contributed by atoms with E-state index in [0.717, 1.165) is 60.8 Å². The van der Waals surface area contributed by atoms with Crippen LogP contribution in [0.4, 0.5) is 0 Å². The molecule has 7 aromatic carbocycles. The maximum absolute atomic E-state index is 9.70. The third-order valence-corrected chi connectivity index (χ3v) is 11.2. The monoisotopic (exact) mass is 729 g/mol. The standard InChI is InChI=1S/C52H35N5/c1-52(2)47-26-33(31-53)16-22-44(47)45-23-21-39(30-48(45)52)40-27-41(43-15-9-14-36-24-25-54-32-46(36)43)29-42(28-40)51-56-49(37-12-7-4-8-13-37)55-50(57-51)38-19-17-35(18-20-38)34-10-5-3-6-11-34/h3-30,32H,1-2H3. The van der Waals surface area contributed by atoms with E-state index in [1.165, 1.54) is 22.3 Å². The van der Waals surface area contributed by atoms with Gasteiger partial charge in [-0.2, -0.15) is 5.26 Å². The number of hydrogen-bond donors (Lipinski definition) is 0. The lowest BCUT2D eigenvalue weighted by Crippen LogP contribution is -2.15. The number of nitriles is 1. The lowest BCUT2D eigenvalue weighted by atomic mass is 9.81. The fraction of sp³-hybridized carbons (Fsp3) is 0.0577. The van der Waals surface area contributed by atoms with Crippen LogP contribution < -0.4 is 0 Å². The molecule has 0 spiro atoms. The average Bonchev–Trinajstić information content (AvgIpc) is 3.51. The molecule has 0 unspecified atom stereocenters. The Balaban J connectivity index is 1.17. The second kappa shape index (κ2) is 13.6. The summed E-state index contributed by atoms with van der Waals surface area (Å²) in [6, 6.07) is 59.1. The minimum Gasteiger partial charge on any atom is -0.264 e. The molecule has 1 aliphatic carbocycles. The molecule has 0 aliphatic heterocycles. The summed E-state index contributed by atoms with van der Waals surface area (Å²) in [5.74, 6) is 1.80. The van der Waals surface area contributed by atoms with E-state index >= 15 is 0 Å². The zero-order valence-corrected chi connectivity index (χ0v) is 31.5. The molecule has 57 heavy (non-hydrogen) atoms. The van der Waals surface area contributed by atoms with Crippen LogP contribution in [0.15, 0.2) is 176 Å². The topological polar surface area (TPSA) is 75.3 Å². The minimum absolute atomic E-state index is 0.279. The SMILES string of the molecule is CC1(C)c2cc(C#N)ccc2-c2ccc(-c3cc(-c4nc(-c5ccccc5)nc(-c5ccc(-c6ccccc6)cc5)n4)cc(-c4cccc5ccncc45)c3)cc21. The number of aromatic nitrogens is 4. The molecule has 9 aromatic rings. The summed E-state index contributed by atoms with van der Waals surface area (Å²) in [6.07, 6.45) is 3.77. The van der Waals surface area contributed by atoms with Crippen molar-refractivity contribution in [1.82, 2.24) is 19.9 Å². The highest BCUT2D eigenvalue weighted by Crippen LogP contribution is 2.50. The van der Waals surface area contributed by atoms with Crippen LogP contribution in [-0.2, 0) is 5.41 Å². The Hall–Kier alpha value is -7.55. The van der Waals surface area contributed by atoms with Crippen LogP contribution in [0.25, 0.3) is 89.4 Å². The maximum atomic E-state index is 9.70. The van der Waals surface area contributed by atoms with Gasteiger partial charge in [-0.1, -0.05) is 135 Å². The molecule has 5 heteroatoms. The van der Waals surface area contributed by atoms with Gasteiger partial charge in [0.1, 0.15) is 0 Å². The molecule has 0 radical (unpaired) electrons. The number of fused-ring (bicyclic) bond motifs is 4. The van der Waals surface area contributed by atoms with Gasteiger partial charge < -0.3 is 0 Å². The molecule has 0 saturated heterocycles. The molecule has 2 aromatic heterocycles. The highest BCUT2D eigenvalue weighted by atomic mass is 15.0. The van der Waals surface area contributed by atoms with Crippen LogP contribution in [0.1, 0.15) is 30.5 Å². The van der Waals surface area contributed by atoms with E-state index in [-0.39, 0.29) is 5.41 Å². The van der Waals surface area contributed by atoms with Gasteiger partial charge in [0.2, 0.25) is 0 Å². The molecule has 0 atom stereocenters. The fourth-order valence-electron chi connectivity index (χ4n) is 8.22. The van der Waals surface area contributed by atoms with Gasteiger partial charge in [-0.3, -0.25) is 4.98 Å². The number of benzene rings is 7. The normalized spacial score (nSPS) is 12.5. The molecule has 2 heterocycles. The zero-order chi connectivity index (χ0) is 38.5. The van der Waals surface area contributed by atoms with Crippen molar-refractivity contribution in [2.45, 2.75) is 19.3 Å². The predicted molar refractivity (Wildman–Crippen MR) is 230 cm³/mol. The van der Waals surface area contributed by atoms with Crippen molar-refractivity contribution in [3.8, 4) is 84.7 Å². The molecular formula is C52H35N5. The molecular weight excluding hydrogens is 695 g/mol. The zero-order valence-electron chi connectivity index (χ0n) is 31.5. The van der Waals surface area contributed by atoms with E-state index in [1.807, 2.05) is 60.9 Å². The van der Waals surface area contributed by atoms with E-state index in [2.05, 4.69) is 140 Å². The Morgan fingerprint density at radius 3 is 1.72 bits per heavy atom. The first-order chi connectivity index (χ1) is 27.9. The second-order valence-electron chi connectivity index (χ2n) is 15.1. The maximum Gasteiger partial charge on any atom is 0.164 e. The van der Waals surface area contributed by atoms with Crippen molar-refractivity contribution in [3.63, 3.8) is 0 Å². The summed E-state index contributed by atoms with van der Waals surface area (Å²) in [5, 5.41) is 11.9. The summed E-state index contributed by atoms with van der Waals surface area (Å²) >= 11 is 0. The van der Waals surface area contributed by atoms with Crippen LogP contribution in [0.5, 0.6) is 0 Å². The van der Waals surface area contributed by atoms with E-state index < -0.39 is 0 Å². The van der Waals surface area contributed by atoms with Crippen LogP contribution >= 0.6 is 0 Å². The van der Waals surface area contributed by atoms with Crippen molar-refractivity contribution in [2.75, 3.05) is 0 Å². The smallest absolute Gasteiger partial charge is 0.164 e. The summed E-state index contributed by atoms with van der Waals surface area (Å²) in [5.41, 5.74) is 14.4. The van der Waals surface area contributed by atoms with Crippen molar-refractivity contribution >= 4 is 10.8 Å². The van der Waals surface area contributed by atoms with E-state index in [1.54, 1.807) is 0 Å². The molecule has 1 aliphatic rings. The first-order valence-electron chi connectivity index (χ1n) is 19.1. The van der Waals surface area contributed by atoms with Crippen molar-refractivity contribution in [3.05, 3.63) is 193 Å². The second-order valence-corrected chi connectivity index (χ2v) is 15.1. The molecule has 10 rings (SSSR count). The summed E-state index contributed by atoms with van der Waals surface area (Å²) in [4.78, 5) is 19.9. The Labute approximate surface area is 331 Å². The molecule has 0 amide bonds. The average molecular weight is 730 g/mol. The Kier molecular flexibility index (Phi) is 8.13. The van der Waals surface area contributed by atoms with Gasteiger partial charge in [0, 0.05) is 39.9 Å². The van der Waals surface area contributed by atoms with Crippen LogP contribution in [-0.4, -0.2) is 19.9 Å². The van der Waals surface area contributed by atoms with Crippen molar-refractivity contribution < 1.29 is 0 Å². The van der Waals surface area contributed by atoms with Crippen molar-refractivity contribution in [2.24, 2.45) is 0 Å². The highest BCUT2D eigenvalue weighted by Gasteiger charge is 2.36. The number of hydrogen-bond acceptors (Lipinski definition) is 5. The fourth-order valence-corrected chi connectivity index (χ4v) is 8.22. The Morgan fingerprint density at radius 2 is 1.00 bits per heavy atom. The Morgan fingerprint density at radius 1 is 0.439 bits per heavy atom. The number of nitrogens with zero attached hydrogens (tertiary/aromatic N) is 5. The van der Waals surface area contributed by atoms with Gasteiger partial charge in [-0.25, -0.2) is 15.0 Å². The third kappa shape index (κ3) is 6.05. The first-order valence-corrected chi connectivity index (χ1v) is 19.1. The minimum atomic E-state index is -0.279. The van der Waals surface area contributed by atoms with Gasteiger partial charge in [0.15, 0.2) is 17.5 Å². The van der Waals surface area contributed by atoms with Crippen molar-refractivity contribution in [1.29, 1.82) is 5.26 Å². The summed E-state index contributed by atoms with van der Waals surface area (Å²) in [7, 11) is 0. The molecule has 0 bridgehead atoms. The van der Waals surface area contributed by atoms with Gasteiger partial charge >= 0.3 is 0 Å². The predicted octanol–water partition coefficient (Wildman–Crippen LogP) is 12.6. The van der Waals surface area contributed by atoms with Gasteiger partial charge in [0.05, 0.1) is 11.6 Å². The third-order valence-electron chi connectivity index (χ3n) is 11.2. The van der Waals surface area contributed by atoms with Gasteiger partial charge in [0.25, 0.3) is 0 Å². The van der Waals surface area contributed by atoms with E-state index in [4.69, 9.17) is 15.0 Å². The van der Waals surface area contributed by atoms with Gasteiger partial charge in [-0.05, 0) is 103 Å². The quantitative estimate of drug-likeness (QED) is 0.170. The molecule has 0 N–H and O–H groups in total. The highest BCUT2D eigenvalue weighted by molar-refractivity contribution is 5.98. The molecule has 0 fully saturated rings. The van der Waals surface area contributed by atoms with E-state index in [9.17, 15) is 5.26 Å². The lowest BCUT2D eigenvalue weighted by Gasteiger charge is -2.22. The van der Waals surface area contributed by atoms with E-state index in [0.29, 0.717) is 23.0 Å². The van der Waals surface area contributed by atoms with Crippen LogP contribution in [0.3, 0.4) is 0 Å². The van der Waals surface area contributed by atoms with Crippen LogP contribution in [0.2, 0.25) is 0 Å². The van der Waals surface area contributed by atoms with Crippen LogP contribution in [0, 0.1) is 11.3 Å². The summed E-state index contributed by atoms with van der Waals surface area (Å²) in [6.45, 7) is 4.49. The molecule has 5 nitrogen and oxygen atoms in total. The largest absolute Gasteiger partial charge is 0.264 e. The Bertz CT molecular complexity index is 3030. The number of pyridine rings is 1.